The van der Waals surface area contributed by atoms with E-state index in [2.05, 4.69) is 26.5 Å². The van der Waals surface area contributed by atoms with Gasteiger partial charge in [0.2, 0.25) is 11.0 Å². The van der Waals surface area contributed by atoms with Crippen molar-refractivity contribution in [3.63, 3.8) is 0 Å². The van der Waals surface area contributed by atoms with E-state index in [0.717, 1.165) is 47.3 Å². The number of rotatable bonds is 1. The maximum absolute atomic E-state index is 12.5. The Kier molecular flexibility index (Phi) is 2.75. The minimum Gasteiger partial charge on any atom is -0.347 e. The van der Waals surface area contributed by atoms with Crippen LogP contribution in [-0.4, -0.2) is 29.2 Å². The predicted molar refractivity (Wildman–Crippen MR) is 82.8 cm³/mol. The van der Waals surface area contributed by atoms with E-state index >= 15 is 0 Å². The van der Waals surface area contributed by atoms with Gasteiger partial charge in [-0.3, -0.25) is 4.79 Å². The third kappa shape index (κ3) is 1.86. The number of amides is 1. The number of piperidine rings is 1. The fourth-order valence-electron chi connectivity index (χ4n) is 3.36. The number of para-hydroxylation sites is 1. The smallest absolute Gasteiger partial charge is 0.235 e. The van der Waals surface area contributed by atoms with Crippen LogP contribution in [0.4, 0.5) is 10.8 Å². The normalized spacial score (nSPS) is 19.7. The van der Waals surface area contributed by atoms with E-state index in [0.29, 0.717) is 0 Å². The molecule has 4 rings (SSSR count). The van der Waals surface area contributed by atoms with Crippen LogP contribution in [0.3, 0.4) is 0 Å². The zero-order valence-corrected chi connectivity index (χ0v) is 12.6. The first-order valence-corrected chi connectivity index (χ1v) is 7.97. The molecule has 5 nitrogen and oxygen atoms in total. The van der Waals surface area contributed by atoms with Crippen LogP contribution in [0.2, 0.25) is 0 Å². The first-order valence-electron chi connectivity index (χ1n) is 7.15. The van der Waals surface area contributed by atoms with Gasteiger partial charge in [-0.15, -0.1) is 10.2 Å². The monoisotopic (exact) mass is 300 g/mol. The summed E-state index contributed by atoms with van der Waals surface area (Å²) in [5, 5.41) is 13.3. The van der Waals surface area contributed by atoms with Crippen molar-refractivity contribution in [1.29, 1.82) is 0 Å². The highest BCUT2D eigenvalue weighted by Crippen LogP contribution is 2.45. The summed E-state index contributed by atoms with van der Waals surface area (Å²) in [6, 6.07) is 8.05. The molecule has 0 radical (unpaired) electrons. The average molecular weight is 300 g/mol. The van der Waals surface area contributed by atoms with Gasteiger partial charge in [-0.25, -0.2) is 0 Å². The largest absolute Gasteiger partial charge is 0.347 e. The Bertz CT molecular complexity index is 703. The molecule has 0 bridgehead atoms. The summed E-state index contributed by atoms with van der Waals surface area (Å²) in [5.41, 5.74) is 1.78. The topological polar surface area (TPSA) is 58.1 Å². The van der Waals surface area contributed by atoms with Gasteiger partial charge in [0.05, 0.1) is 5.41 Å². The molecule has 2 aliphatic rings. The molecule has 1 spiro atoms. The SMILES string of the molecule is Cc1nnc(N2CCC3(CC2)C(=O)Nc2ccccc23)s1. The van der Waals surface area contributed by atoms with E-state index in [-0.39, 0.29) is 11.3 Å². The Morgan fingerprint density at radius 1 is 1.24 bits per heavy atom. The highest BCUT2D eigenvalue weighted by molar-refractivity contribution is 7.15. The fourth-order valence-corrected chi connectivity index (χ4v) is 4.10. The molecule has 2 aromatic rings. The van der Waals surface area contributed by atoms with Crippen molar-refractivity contribution in [3.8, 4) is 0 Å². The summed E-state index contributed by atoms with van der Waals surface area (Å²) < 4.78 is 0. The Labute approximate surface area is 127 Å². The van der Waals surface area contributed by atoms with Crippen LogP contribution in [0.5, 0.6) is 0 Å². The number of hydrogen-bond acceptors (Lipinski definition) is 5. The van der Waals surface area contributed by atoms with E-state index in [9.17, 15) is 4.79 Å². The number of fused-ring (bicyclic) bond motifs is 2. The number of aromatic nitrogens is 2. The number of aryl methyl sites for hydroxylation is 1. The van der Waals surface area contributed by atoms with E-state index in [1.54, 1.807) is 11.3 Å². The molecule has 0 unspecified atom stereocenters. The Morgan fingerprint density at radius 3 is 2.71 bits per heavy atom. The molecule has 0 atom stereocenters. The van der Waals surface area contributed by atoms with E-state index < -0.39 is 0 Å². The number of nitrogens with one attached hydrogen (secondary N) is 1. The lowest BCUT2D eigenvalue weighted by Gasteiger charge is -2.37. The molecule has 21 heavy (non-hydrogen) atoms. The van der Waals surface area contributed by atoms with Crippen LogP contribution in [0.25, 0.3) is 0 Å². The van der Waals surface area contributed by atoms with Crippen molar-refractivity contribution >= 4 is 28.1 Å². The minimum atomic E-state index is -0.354. The number of nitrogens with zero attached hydrogens (tertiary/aromatic N) is 3. The predicted octanol–water partition coefficient (Wildman–Crippen LogP) is 2.34. The van der Waals surface area contributed by atoms with Gasteiger partial charge < -0.3 is 10.2 Å². The molecule has 1 saturated heterocycles. The number of anilines is 2. The molecule has 1 aromatic carbocycles. The standard InChI is InChI=1S/C15H16N4OS/c1-10-17-18-14(21-10)19-8-6-15(7-9-19)11-4-2-3-5-12(11)16-13(15)20/h2-5H,6-9H2,1H3,(H,16,20). The van der Waals surface area contributed by atoms with Crippen LogP contribution in [-0.2, 0) is 10.2 Å². The number of benzene rings is 1. The Balaban J connectivity index is 1.61. The van der Waals surface area contributed by atoms with Crippen molar-refractivity contribution in [2.75, 3.05) is 23.3 Å². The lowest BCUT2D eigenvalue weighted by molar-refractivity contribution is -0.121. The third-order valence-electron chi connectivity index (χ3n) is 4.53. The van der Waals surface area contributed by atoms with Crippen molar-refractivity contribution in [2.24, 2.45) is 0 Å². The third-order valence-corrected chi connectivity index (χ3v) is 5.43. The first kappa shape index (κ1) is 12.8. The van der Waals surface area contributed by atoms with E-state index in [4.69, 9.17) is 0 Å². The second-order valence-corrected chi connectivity index (χ2v) is 6.83. The number of carbonyl (C=O) groups excluding carboxylic acids is 1. The van der Waals surface area contributed by atoms with Gasteiger partial charge >= 0.3 is 0 Å². The second kappa shape index (κ2) is 4.53. The summed E-state index contributed by atoms with van der Waals surface area (Å²) in [5.74, 6) is 0.150. The first-order chi connectivity index (χ1) is 10.2. The van der Waals surface area contributed by atoms with Crippen molar-refractivity contribution in [3.05, 3.63) is 34.8 Å². The summed E-state index contributed by atoms with van der Waals surface area (Å²) in [7, 11) is 0. The molecular formula is C15H16N4OS. The Hall–Kier alpha value is -1.95. The van der Waals surface area contributed by atoms with Gasteiger partial charge in [0.1, 0.15) is 5.01 Å². The summed E-state index contributed by atoms with van der Waals surface area (Å²) in [4.78, 5) is 14.7. The zero-order chi connectivity index (χ0) is 14.4. The molecule has 0 aliphatic carbocycles. The fraction of sp³-hybridized carbons (Fsp3) is 0.400. The van der Waals surface area contributed by atoms with Crippen LogP contribution in [0.1, 0.15) is 23.4 Å². The number of hydrogen-bond donors (Lipinski definition) is 1. The maximum atomic E-state index is 12.5. The number of carbonyl (C=O) groups is 1. The van der Waals surface area contributed by atoms with Gasteiger partial charge in [-0.2, -0.15) is 0 Å². The van der Waals surface area contributed by atoms with E-state index in [1.807, 2.05) is 25.1 Å². The lowest BCUT2D eigenvalue weighted by Crippen LogP contribution is -2.46. The van der Waals surface area contributed by atoms with Crippen LogP contribution < -0.4 is 10.2 Å². The molecule has 3 heterocycles. The summed E-state index contributed by atoms with van der Waals surface area (Å²) >= 11 is 1.61. The van der Waals surface area contributed by atoms with Crippen molar-refractivity contribution in [2.45, 2.75) is 25.2 Å². The van der Waals surface area contributed by atoms with Crippen LogP contribution in [0, 0.1) is 6.92 Å². The molecule has 1 fully saturated rings. The quantitative estimate of drug-likeness (QED) is 0.878. The lowest BCUT2D eigenvalue weighted by atomic mass is 9.74. The van der Waals surface area contributed by atoms with Crippen LogP contribution in [0.15, 0.2) is 24.3 Å². The second-order valence-electron chi connectivity index (χ2n) is 5.67. The summed E-state index contributed by atoms with van der Waals surface area (Å²) in [6.07, 6.45) is 1.66. The molecule has 1 aromatic heterocycles. The van der Waals surface area contributed by atoms with Gasteiger partial charge in [0, 0.05) is 18.8 Å². The van der Waals surface area contributed by atoms with Crippen molar-refractivity contribution < 1.29 is 4.79 Å². The highest BCUT2D eigenvalue weighted by Gasteiger charge is 2.48. The van der Waals surface area contributed by atoms with Gasteiger partial charge in [0.15, 0.2) is 0 Å². The molecule has 1 amide bonds. The highest BCUT2D eigenvalue weighted by atomic mass is 32.1. The van der Waals surface area contributed by atoms with Crippen molar-refractivity contribution in [1.82, 2.24) is 10.2 Å². The molecule has 1 N–H and O–H groups in total. The molecule has 6 heteroatoms. The van der Waals surface area contributed by atoms with Gasteiger partial charge in [-0.1, -0.05) is 29.5 Å². The average Bonchev–Trinajstić information content (AvgIpc) is 3.04. The van der Waals surface area contributed by atoms with Gasteiger partial charge in [0.25, 0.3) is 0 Å². The molecular weight excluding hydrogens is 284 g/mol. The maximum Gasteiger partial charge on any atom is 0.235 e. The zero-order valence-electron chi connectivity index (χ0n) is 11.8. The van der Waals surface area contributed by atoms with E-state index in [1.165, 1.54) is 0 Å². The summed E-state index contributed by atoms with van der Waals surface area (Å²) in [6.45, 7) is 3.65. The van der Waals surface area contributed by atoms with Crippen LogP contribution >= 0.6 is 11.3 Å². The minimum absolute atomic E-state index is 0.150. The molecule has 2 aliphatic heterocycles. The molecule has 0 saturated carbocycles. The molecule has 108 valence electrons. The van der Waals surface area contributed by atoms with Gasteiger partial charge in [-0.05, 0) is 31.4 Å². The Morgan fingerprint density at radius 2 is 2.00 bits per heavy atom.